The van der Waals surface area contributed by atoms with Gasteiger partial charge in [-0.1, -0.05) is 0 Å². The van der Waals surface area contributed by atoms with Crippen molar-refractivity contribution in [2.45, 2.75) is 13.3 Å². The van der Waals surface area contributed by atoms with E-state index < -0.39 is 5.97 Å². The van der Waals surface area contributed by atoms with Crippen LogP contribution in [0.5, 0.6) is 0 Å². The standard InChI is InChI=1S/C12H15NO4/c1-2-13(8-7-12(15)16)11(14)6-5-10-4-3-9-17-10/h3-6,9H,2,7-8H2,1H3,(H,15,16)/b6-5+. The molecule has 1 rings (SSSR count). The molecule has 0 bridgehead atoms. The third kappa shape index (κ3) is 4.55. The normalized spacial score (nSPS) is 10.6. The van der Waals surface area contributed by atoms with Crippen LogP contribution in [-0.2, 0) is 9.59 Å². The lowest BCUT2D eigenvalue weighted by molar-refractivity contribution is -0.137. The summed E-state index contributed by atoms with van der Waals surface area (Å²) < 4.78 is 5.04. The van der Waals surface area contributed by atoms with Crippen LogP contribution in [0.2, 0.25) is 0 Å². The van der Waals surface area contributed by atoms with E-state index in [1.165, 1.54) is 17.2 Å². The largest absolute Gasteiger partial charge is 0.481 e. The summed E-state index contributed by atoms with van der Waals surface area (Å²) in [6.07, 6.45) is 4.41. The van der Waals surface area contributed by atoms with E-state index in [9.17, 15) is 9.59 Å². The molecule has 0 aliphatic carbocycles. The van der Waals surface area contributed by atoms with Crippen LogP contribution < -0.4 is 0 Å². The fourth-order valence-corrected chi connectivity index (χ4v) is 1.30. The Kier molecular flexibility index (Phi) is 5.00. The van der Waals surface area contributed by atoms with Crippen molar-refractivity contribution >= 4 is 18.0 Å². The summed E-state index contributed by atoms with van der Waals surface area (Å²) in [5.41, 5.74) is 0. The van der Waals surface area contributed by atoms with E-state index in [0.29, 0.717) is 12.3 Å². The average molecular weight is 237 g/mol. The van der Waals surface area contributed by atoms with Crippen molar-refractivity contribution in [3.8, 4) is 0 Å². The highest BCUT2D eigenvalue weighted by Crippen LogP contribution is 2.03. The number of carbonyl (C=O) groups excluding carboxylic acids is 1. The van der Waals surface area contributed by atoms with Crippen LogP contribution in [0.3, 0.4) is 0 Å². The van der Waals surface area contributed by atoms with Crippen molar-refractivity contribution in [3.05, 3.63) is 30.2 Å². The number of carboxylic acids is 1. The van der Waals surface area contributed by atoms with Gasteiger partial charge in [-0.2, -0.15) is 0 Å². The number of rotatable bonds is 6. The summed E-state index contributed by atoms with van der Waals surface area (Å²) >= 11 is 0. The highest BCUT2D eigenvalue weighted by molar-refractivity contribution is 5.91. The minimum atomic E-state index is -0.911. The smallest absolute Gasteiger partial charge is 0.305 e. The molecule has 0 saturated carbocycles. The number of hydrogen-bond acceptors (Lipinski definition) is 3. The number of furan rings is 1. The molecule has 92 valence electrons. The molecule has 0 fully saturated rings. The number of amides is 1. The van der Waals surface area contributed by atoms with Gasteiger partial charge in [0.25, 0.3) is 0 Å². The highest BCUT2D eigenvalue weighted by Gasteiger charge is 2.09. The maximum Gasteiger partial charge on any atom is 0.305 e. The van der Waals surface area contributed by atoms with Crippen molar-refractivity contribution in [3.63, 3.8) is 0 Å². The van der Waals surface area contributed by atoms with Crippen LogP contribution in [0.1, 0.15) is 19.1 Å². The third-order valence-electron chi connectivity index (χ3n) is 2.22. The SMILES string of the molecule is CCN(CCC(=O)O)C(=O)/C=C/c1ccco1. The van der Waals surface area contributed by atoms with Gasteiger partial charge in [-0.3, -0.25) is 9.59 Å². The van der Waals surface area contributed by atoms with E-state index in [1.54, 1.807) is 25.1 Å². The van der Waals surface area contributed by atoms with Crippen LogP contribution in [0.4, 0.5) is 0 Å². The maximum atomic E-state index is 11.7. The summed E-state index contributed by atoms with van der Waals surface area (Å²) in [6.45, 7) is 2.50. The van der Waals surface area contributed by atoms with E-state index in [1.807, 2.05) is 0 Å². The zero-order chi connectivity index (χ0) is 12.7. The molecule has 0 spiro atoms. The van der Waals surface area contributed by atoms with Crippen LogP contribution in [-0.4, -0.2) is 35.0 Å². The van der Waals surface area contributed by atoms with Crippen molar-refractivity contribution in [2.24, 2.45) is 0 Å². The van der Waals surface area contributed by atoms with Crippen molar-refractivity contribution in [1.29, 1.82) is 0 Å². The predicted molar refractivity (Wildman–Crippen MR) is 62.2 cm³/mol. The van der Waals surface area contributed by atoms with Gasteiger partial charge in [0.1, 0.15) is 5.76 Å². The molecule has 5 heteroatoms. The summed E-state index contributed by atoms with van der Waals surface area (Å²) in [5.74, 6) is -0.538. The molecule has 0 radical (unpaired) electrons. The Balaban J connectivity index is 2.51. The molecule has 1 heterocycles. The maximum absolute atomic E-state index is 11.7. The average Bonchev–Trinajstić information content (AvgIpc) is 2.79. The van der Waals surface area contributed by atoms with Gasteiger partial charge in [0.2, 0.25) is 5.91 Å². The minimum Gasteiger partial charge on any atom is -0.481 e. The first kappa shape index (κ1) is 13.0. The number of hydrogen-bond donors (Lipinski definition) is 1. The molecule has 0 saturated heterocycles. The number of nitrogens with zero attached hydrogens (tertiary/aromatic N) is 1. The molecule has 1 aromatic rings. The van der Waals surface area contributed by atoms with Gasteiger partial charge in [0.05, 0.1) is 12.7 Å². The molecule has 1 amide bonds. The van der Waals surface area contributed by atoms with Crippen molar-refractivity contribution in [1.82, 2.24) is 4.90 Å². The molecular weight excluding hydrogens is 222 g/mol. The zero-order valence-electron chi connectivity index (χ0n) is 9.63. The Morgan fingerprint density at radius 3 is 2.82 bits per heavy atom. The molecule has 1 aromatic heterocycles. The Bertz CT molecular complexity index is 395. The van der Waals surface area contributed by atoms with Gasteiger partial charge in [0, 0.05) is 19.2 Å². The molecule has 5 nitrogen and oxygen atoms in total. The monoisotopic (exact) mass is 237 g/mol. The highest BCUT2D eigenvalue weighted by atomic mass is 16.4. The lowest BCUT2D eigenvalue weighted by Crippen LogP contribution is -2.31. The van der Waals surface area contributed by atoms with Gasteiger partial charge in [-0.25, -0.2) is 0 Å². The first-order valence-corrected chi connectivity index (χ1v) is 5.35. The van der Waals surface area contributed by atoms with Gasteiger partial charge in [0.15, 0.2) is 0 Å². The van der Waals surface area contributed by atoms with Crippen molar-refractivity contribution < 1.29 is 19.1 Å². The van der Waals surface area contributed by atoms with Crippen LogP contribution in [0.25, 0.3) is 6.08 Å². The molecule has 0 unspecified atom stereocenters. The molecule has 0 aromatic carbocycles. The molecular formula is C12H15NO4. The van der Waals surface area contributed by atoms with Crippen molar-refractivity contribution in [2.75, 3.05) is 13.1 Å². The first-order chi connectivity index (χ1) is 8.13. The number of carboxylic acid groups (broad SMARTS) is 1. The number of likely N-dealkylation sites (N-methyl/N-ethyl adjacent to an activating group) is 1. The summed E-state index contributed by atoms with van der Waals surface area (Å²) in [4.78, 5) is 23.6. The van der Waals surface area contributed by atoms with Gasteiger partial charge in [-0.15, -0.1) is 0 Å². The Morgan fingerprint density at radius 1 is 1.53 bits per heavy atom. The Morgan fingerprint density at radius 2 is 2.29 bits per heavy atom. The fraction of sp³-hybridized carbons (Fsp3) is 0.333. The molecule has 17 heavy (non-hydrogen) atoms. The third-order valence-corrected chi connectivity index (χ3v) is 2.22. The summed E-state index contributed by atoms with van der Waals surface area (Å²) in [7, 11) is 0. The lowest BCUT2D eigenvalue weighted by atomic mass is 10.3. The summed E-state index contributed by atoms with van der Waals surface area (Å²) in [6, 6.07) is 3.46. The fourth-order valence-electron chi connectivity index (χ4n) is 1.30. The Hall–Kier alpha value is -2.04. The minimum absolute atomic E-state index is 0.0474. The van der Waals surface area contributed by atoms with E-state index >= 15 is 0 Å². The predicted octanol–water partition coefficient (Wildman–Crippen LogP) is 1.62. The van der Waals surface area contributed by atoms with Gasteiger partial charge in [-0.05, 0) is 25.1 Å². The van der Waals surface area contributed by atoms with Gasteiger partial charge >= 0.3 is 5.97 Å². The van der Waals surface area contributed by atoms with E-state index in [-0.39, 0.29) is 18.9 Å². The summed E-state index contributed by atoms with van der Waals surface area (Å²) in [5, 5.41) is 8.55. The number of carbonyl (C=O) groups is 2. The quantitative estimate of drug-likeness (QED) is 0.763. The first-order valence-electron chi connectivity index (χ1n) is 5.35. The second kappa shape index (κ2) is 6.52. The van der Waals surface area contributed by atoms with E-state index in [4.69, 9.17) is 9.52 Å². The number of aliphatic carboxylic acids is 1. The zero-order valence-corrected chi connectivity index (χ0v) is 9.63. The van der Waals surface area contributed by atoms with Crippen LogP contribution in [0, 0.1) is 0 Å². The van der Waals surface area contributed by atoms with E-state index in [0.717, 1.165) is 0 Å². The molecule has 0 aliphatic heterocycles. The van der Waals surface area contributed by atoms with Crippen LogP contribution >= 0.6 is 0 Å². The topological polar surface area (TPSA) is 70.8 Å². The van der Waals surface area contributed by atoms with Crippen LogP contribution in [0.15, 0.2) is 28.9 Å². The molecule has 0 atom stereocenters. The molecule has 1 N–H and O–H groups in total. The van der Waals surface area contributed by atoms with Gasteiger partial charge < -0.3 is 14.4 Å². The van der Waals surface area contributed by atoms with E-state index in [2.05, 4.69) is 0 Å². The lowest BCUT2D eigenvalue weighted by Gasteiger charge is -2.17. The Labute approximate surface area is 99.3 Å². The second-order valence-electron chi connectivity index (χ2n) is 3.41. The molecule has 0 aliphatic rings. The second-order valence-corrected chi connectivity index (χ2v) is 3.41.